The number of hydrogen-bond acceptors (Lipinski definition) is 5. The summed E-state index contributed by atoms with van der Waals surface area (Å²) >= 11 is 2.03. The Kier molecular flexibility index (Phi) is 5.52. The molecule has 0 spiro atoms. The third-order valence-corrected chi connectivity index (χ3v) is 4.85. The van der Waals surface area contributed by atoms with Gasteiger partial charge in [0.15, 0.2) is 0 Å². The van der Waals surface area contributed by atoms with Crippen molar-refractivity contribution in [1.29, 1.82) is 0 Å². The van der Waals surface area contributed by atoms with Crippen molar-refractivity contribution in [1.82, 2.24) is 9.97 Å². The molecular weight excluding hydrogens is 268 g/mol. The number of anilines is 2. The number of hydrogen-bond donors (Lipinski definition) is 1. The van der Waals surface area contributed by atoms with Gasteiger partial charge in [-0.3, -0.25) is 0 Å². The largest absolute Gasteiger partial charge is 0.370 e. The van der Waals surface area contributed by atoms with Crippen LogP contribution in [-0.4, -0.2) is 40.6 Å². The molecule has 112 valence electrons. The lowest BCUT2D eigenvalue weighted by atomic mass is 10.2. The minimum atomic E-state index is 0.547. The highest BCUT2D eigenvalue weighted by molar-refractivity contribution is 7.99. The van der Waals surface area contributed by atoms with Crippen molar-refractivity contribution in [2.45, 2.75) is 46.6 Å². The summed E-state index contributed by atoms with van der Waals surface area (Å²) in [5, 5.41) is 3.45. The first-order valence-electron chi connectivity index (χ1n) is 7.63. The summed E-state index contributed by atoms with van der Waals surface area (Å²) in [5.74, 6) is 5.45. The van der Waals surface area contributed by atoms with Gasteiger partial charge >= 0.3 is 0 Å². The first-order valence-corrected chi connectivity index (χ1v) is 8.78. The van der Waals surface area contributed by atoms with E-state index in [-0.39, 0.29) is 0 Å². The summed E-state index contributed by atoms with van der Waals surface area (Å²) < 4.78 is 0. The van der Waals surface area contributed by atoms with Crippen LogP contribution in [0.25, 0.3) is 0 Å². The van der Waals surface area contributed by atoms with Gasteiger partial charge in [0.2, 0.25) is 0 Å². The molecule has 1 aliphatic heterocycles. The third kappa shape index (κ3) is 3.37. The second kappa shape index (κ2) is 7.16. The molecular formula is C15H26N4S. The number of nitrogens with zero attached hydrogens (tertiary/aromatic N) is 3. The first kappa shape index (κ1) is 15.4. The molecule has 0 bridgehead atoms. The first-order chi connectivity index (χ1) is 9.67. The number of nitrogens with one attached hydrogen (secondary N) is 1. The summed E-state index contributed by atoms with van der Waals surface area (Å²) in [6.07, 6.45) is 1.99. The molecule has 2 heterocycles. The van der Waals surface area contributed by atoms with Crippen LogP contribution in [0.15, 0.2) is 0 Å². The fraction of sp³-hybridized carbons (Fsp3) is 0.733. The molecule has 1 saturated heterocycles. The number of aryl methyl sites for hydroxylation is 1. The third-order valence-electron chi connectivity index (χ3n) is 3.66. The fourth-order valence-electron chi connectivity index (χ4n) is 2.44. The van der Waals surface area contributed by atoms with Gasteiger partial charge in [-0.2, -0.15) is 11.8 Å². The Morgan fingerprint density at radius 3 is 2.80 bits per heavy atom. The van der Waals surface area contributed by atoms with Crippen LogP contribution < -0.4 is 10.2 Å². The summed E-state index contributed by atoms with van der Waals surface area (Å²) in [6, 6.07) is 0.547. The van der Waals surface area contributed by atoms with Crippen molar-refractivity contribution in [3.8, 4) is 0 Å². The van der Waals surface area contributed by atoms with Gasteiger partial charge < -0.3 is 10.2 Å². The zero-order chi connectivity index (χ0) is 14.5. The van der Waals surface area contributed by atoms with Crippen LogP contribution in [-0.2, 0) is 6.42 Å². The van der Waals surface area contributed by atoms with Gasteiger partial charge in [0, 0.05) is 42.6 Å². The van der Waals surface area contributed by atoms with Gasteiger partial charge in [0.1, 0.15) is 17.5 Å². The molecule has 0 aliphatic carbocycles. The number of rotatable bonds is 5. The van der Waals surface area contributed by atoms with Crippen molar-refractivity contribution in [3.63, 3.8) is 0 Å². The van der Waals surface area contributed by atoms with E-state index in [9.17, 15) is 0 Å². The number of aromatic nitrogens is 2. The van der Waals surface area contributed by atoms with Crippen molar-refractivity contribution in [2.75, 3.05) is 34.8 Å². The van der Waals surface area contributed by atoms with E-state index >= 15 is 0 Å². The van der Waals surface area contributed by atoms with Crippen LogP contribution in [0.1, 0.15) is 38.6 Å². The van der Waals surface area contributed by atoms with Crippen molar-refractivity contribution in [3.05, 3.63) is 11.4 Å². The van der Waals surface area contributed by atoms with E-state index in [4.69, 9.17) is 4.98 Å². The molecule has 1 unspecified atom stereocenters. The maximum absolute atomic E-state index is 4.80. The minimum Gasteiger partial charge on any atom is -0.370 e. The Balaban J connectivity index is 2.34. The average molecular weight is 294 g/mol. The molecule has 20 heavy (non-hydrogen) atoms. The molecule has 1 atom stereocenters. The van der Waals surface area contributed by atoms with Crippen LogP contribution >= 0.6 is 11.8 Å². The Bertz CT molecular complexity index is 450. The van der Waals surface area contributed by atoms with E-state index in [0.717, 1.165) is 43.4 Å². The topological polar surface area (TPSA) is 41.1 Å². The number of thioether (sulfide) groups is 1. The van der Waals surface area contributed by atoms with Gasteiger partial charge in [-0.05, 0) is 20.3 Å². The molecule has 0 aromatic carbocycles. The van der Waals surface area contributed by atoms with Crippen LogP contribution in [0.5, 0.6) is 0 Å². The lowest BCUT2D eigenvalue weighted by molar-refractivity contribution is 0.681. The standard InChI is InChI=1S/C15H26N4S/c1-5-7-16-14-12(4)15(18-13(6-2)17-14)19-8-9-20-10-11(19)3/h11H,5-10H2,1-4H3,(H,16,17,18). The van der Waals surface area contributed by atoms with Crippen LogP contribution in [0.2, 0.25) is 0 Å². The normalized spacial score (nSPS) is 19.2. The summed E-state index contributed by atoms with van der Waals surface area (Å²) in [4.78, 5) is 11.9. The van der Waals surface area contributed by atoms with E-state index < -0.39 is 0 Å². The SMILES string of the molecule is CCCNc1nc(CC)nc(N2CCSCC2C)c1C. The van der Waals surface area contributed by atoms with Crippen molar-refractivity contribution >= 4 is 23.4 Å². The molecule has 1 N–H and O–H groups in total. The molecule has 0 amide bonds. The average Bonchev–Trinajstić information content (AvgIpc) is 2.47. The minimum absolute atomic E-state index is 0.547. The van der Waals surface area contributed by atoms with E-state index in [1.165, 1.54) is 17.1 Å². The second-order valence-electron chi connectivity index (χ2n) is 5.33. The molecule has 5 heteroatoms. The van der Waals surface area contributed by atoms with E-state index in [1.54, 1.807) is 0 Å². The maximum atomic E-state index is 4.80. The van der Waals surface area contributed by atoms with Crippen LogP contribution in [0.3, 0.4) is 0 Å². The molecule has 1 aliphatic rings. The quantitative estimate of drug-likeness (QED) is 0.903. The molecule has 1 aromatic rings. The van der Waals surface area contributed by atoms with Gasteiger partial charge in [-0.25, -0.2) is 9.97 Å². The molecule has 4 nitrogen and oxygen atoms in total. The van der Waals surface area contributed by atoms with Gasteiger partial charge in [0.05, 0.1) is 0 Å². The Labute approximate surface area is 126 Å². The molecule has 0 radical (unpaired) electrons. The van der Waals surface area contributed by atoms with Crippen molar-refractivity contribution in [2.24, 2.45) is 0 Å². The van der Waals surface area contributed by atoms with Crippen molar-refractivity contribution < 1.29 is 0 Å². The zero-order valence-corrected chi connectivity index (χ0v) is 13.9. The van der Waals surface area contributed by atoms with E-state index in [1.807, 2.05) is 11.8 Å². The maximum Gasteiger partial charge on any atom is 0.137 e. The van der Waals surface area contributed by atoms with E-state index in [2.05, 4.69) is 42.9 Å². The molecule has 1 fully saturated rings. The smallest absolute Gasteiger partial charge is 0.137 e. The Morgan fingerprint density at radius 2 is 2.15 bits per heavy atom. The zero-order valence-electron chi connectivity index (χ0n) is 13.1. The second-order valence-corrected chi connectivity index (χ2v) is 6.48. The molecule has 2 rings (SSSR count). The summed E-state index contributed by atoms with van der Waals surface area (Å²) in [7, 11) is 0. The van der Waals surface area contributed by atoms with Crippen LogP contribution in [0.4, 0.5) is 11.6 Å². The monoisotopic (exact) mass is 294 g/mol. The van der Waals surface area contributed by atoms with Crippen LogP contribution in [0, 0.1) is 6.92 Å². The summed E-state index contributed by atoms with van der Waals surface area (Å²) in [5.41, 5.74) is 1.19. The fourth-order valence-corrected chi connectivity index (χ4v) is 3.46. The molecule has 0 saturated carbocycles. The highest BCUT2D eigenvalue weighted by Gasteiger charge is 2.23. The van der Waals surface area contributed by atoms with E-state index in [0.29, 0.717) is 6.04 Å². The Morgan fingerprint density at radius 1 is 1.35 bits per heavy atom. The molecule has 1 aromatic heterocycles. The predicted molar refractivity (Wildman–Crippen MR) is 89.1 cm³/mol. The van der Waals surface area contributed by atoms with Gasteiger partial charge in [0.25, 0.3) is 0 Å². The highest BCUT2D eigenvalue weighted by Crippen LogP contribution is 2.28. The summed E-state index contributed by atoms with van der Waals surface area (Å²) in [6.45, 7) is 10.8. The predicted octanol–water partition coefficient (Wildman–Crippen LogP) is 3.11. The highest BCUT2D eigenvalue weighted by atomic mass is 32.2. The van der Waals surface area contributed by atoms with Gasteiger partial charge in [-0.15, -0.1) is 0 Å². The van der Waals surface area contributed by atoms with Gasteiger partial charge in [-0.1, -0.05) is 13.8 Å². The lowest BCUT2D eigenvalue weighted by Gasteiger charge is -2.35. The Hall–Kier alpha value is -0.970. The lowest BCUT2D eigenvalue weighted by Crippen LogP contribution is -2.41.